The summed E-state index contributed by atoms with van der Waals surface area (Å²) >= 11 is 0. The Morgan fingerprint density at radius 1 is 1.17 bits per heavy atom. The summed E-state index contributed by atoms with van der Waals surface area (Å²) in [5.74, 6) is -0.0703. The summed E-state index contributed by atoms with van der Waals surface area (Å²) in [7, 11) is 1.83. The van der Waals surface area contributed by atoms with Crippen molar-refractivity contribution < 1.29 is 9.90 Å². The Morgan fingerprint density at radius 3 is 2.62 bits per heavy atom. The number of phenolic OH excluding ortho intramolecular Hbond substituents is 1. The summed E-state index contributed by atoms with van der Waals surface area (Å²) in [6, 6.07) is 13.1. The monoisotopic (exact) mass is 320 g/mol. The second-order valence-electron chi connectivity index (χ2n) is 5.95. The minimum atomic E-state index is -0.124. The minimum absolute atomic E-state index is 0.0537. The zero-order valence-electron chi connectivity index (χ0n) is 13.2. The van der Waals surface area contributed by atoms with Gasteiger partial charge in [-0.05, 0) is 17.2 Å². The predicted octanol–water partition coefficient (Wildman–Crippen LogP) is 2.34. The third-order valence-corrected chi connectivity index (χ3v) is 4.22. The van der Waals surface area contributed by atoms with Gasteiger partial charge in [0.2, 0.25) is 0 Å². The number of hydrogen-bond donors (Lipinski definition) is 1. The Kier molecular flexibility index (Phi) is 3.30. The lowest BCUT2D eigenvalue weighted by Gasteiger charge is -2.15. The Hall–Kier alpha value is -3.15. The molecule has 0 fully saturated rings. The van der Waals surface area contributed by atoms with Crippen molar-refractivity contribution in [3.05, 3.63) is 65.4 Å². The number of aromatic nitrogens is 3. The van der Waals surface area contributed by atoms with E-state index in [-0.39, 0.29) is 11.7 Å². The molecule has 1 aliphatic rings. The van der Waals surface area contributed by atoms with Gasteiger partial charge in [0, 0.05) is 25.7 Å². The van der Waals surface area contributed by atoms with Crippen LogP contribution in [0.5, 0.6) is 5.75 Å². The molecule has 1 aliphatic heterocycles. The minimum Gasteiger partial charge on any atom is -0.507 e. The molecule has 0 atom stereocenters. The molecular weight excluding hydrogens is 304 g/mol. The van der Waals surface area contributed by atoms with Crippen LogP contribution in [0.4, 0.5) is 0 Å². The first kappa shape index (κ1) is 14.4. The van der Waals surface area contributed by atoms with Gasteiger partial charge in [-0.2, -0.15) is 0 Å². The number of fused-ring (bicyclic) bond motifs is 1. The van der Waals surface area contributed by atoms with Gasteiger partial charge in [-0.25, -0.2) is 0 Å². The molecule has 0 saturated heterocycles. The Bertz CT molecular complexity index is 915. The molecule has 24 heavy (non-hydrogen) atoms. The van der Waals surface area contributed by atoms with Crippen molar-refractivity contribution in [3.63, 3.8) is 0 Å². The fraction of sp³-hybridized carbons (Fsp3) is 0.167. The lowest BCUT2D eigenvalue weighted by atomic mass is 10.1. The van der Waals surface area contributed by atoms with Gasteiger partial charge in [0.1, 0.15) is 11.4 Å². The quantitative estimate of drug-likeness (QED) is 0.804. The summed E-state index contributed by atoms with van der Waals surface area (Å²) in [6.45, 7) is 1.03. The Labute approximate surface area is 139 Å². The molecule has 1 amide bonds. The lowest BCUT2D eigenvalue weighted by molar-refractivity contribution is 0.0764. The normalized spacial score (nSPS) is 13.4. The standard InChI is InChI=1S/C18H16N4O2/c1-21-11-15(19-20-21)13-7-5-12(6-8-13)9-22-10-14-3-2-4-16(23)17(14)18(22)24/h2-8,11,23H,9-10H2,1H3. The molecule has 6 nitrogen and oxygen atoms in total. The number of amides is 1. The molecule has 0 spiro atoms. The fourth-order valence-corrected chi connectivity index (χ4v) is 3.01. The number of rotatable bonds is 3. The van der Waals surface area contributed by atoms with Crippen molar-refractivity contribution in [1.82, 2.24) is 19.9 Å². The SMILES string of the molecule is Cn1cc(-c2ccc(CN3Cc4cccc(O)c4C3=O)cc2)nn1. The van der Waals surface area contributed by atoms with Crippen LogP contribution < -0.4 is 0 Å². The first-order valence-corrected chi connectivity index (χ1v) is 7.67. The third-order valence-electron chi connectivity index (χ3n) is 4.22. The van der Waals surface area contributed by atoms with Crippen LogP contribution >= 0.6 is 0 Å². The predicted molar refractivity (Wildman–Crippen MR) is 88.1 cm³/mol. The van der Waals surface area contributed by atoms with E-state index in [1.165, 1.54) is 0 Å². The molecular formula is C18H16N4O2. The molecule has 6 heteroatoms. The van der Waals surface area contributed by atoms with Crippen LogP contribution in [0.3, 0.4) is 0 Å². The van der Waals surface area contributed by atoms with Gasteiger partial charge in [0.25, 0.3) is 5.91 Å². The molecule has 3 aromatic rings. The van der Waals surface area contributed by atoms with Gasteiger partial charge in [-0.3, -0.25) is 9.48 Å². The number of benzene rings is 2. The van der Waals surface area contributed by atoms with Crippen molar-refractivity contribution in [2.45, 2.75) is 13.1 Å². The highest BCUT2D eigenvalue weighted by molar-refractivity contribution is 6.00. The summed E-state index contributed by atoms with van der Waals surface area (Å²) in [4.78, 5) is 14.2. The summed E-state index contributed by atoms with van der Waals surface area (Å²) in [6.07, 6.45) is 1.86. The van der Waals surface area contributed by atoms with E-state index in [1.54, 1.807) is 21.7 Å². The second-order valence-corrected chi connectivity index (χ2v) is 5.95. The fourth-order valence-electron chi connectivity index (χ4n) is 3.01. The zero-order valence-corrected chi connectivity index (χ0v) is 13.2. The Morgan fingerprint density at radius 2 is 1.96 bits per heavy atom. The highest BCUT2D eigenvalue weighted by Gasteiger charge is 2.29. The largest absolute Gasteiger partial charge is 0.507 e. The molecule has 1 aromatic heterocycles. The number of aryl methyl sites for hydroxylation is 1. The van der Waals surface area contributed by atoms with Gasteiger partial charge >= 0.3 is 0 Å². The van der Waals surface area contributed by atoms with Crippen LogP contribution in [0.1, 0.15) is 21.5 Å². The topological polar surface area (TPSA) is 71.2 Å². The average Bonchev–Trinajstić information content (AvgIpc) is 3.13. The lowest BCUT2D eigenvalue weighted by Crippen LogP contribution is -2.23. The van der Waals surface area contributed by atoms with E-state index in [0.29, 0.717) is 18.7 Å². The molecule has 0 unspecified atom stereocenters. The van der Waals surface area contributed by atoms with E-state index in [0.717, 1.165) is 22.4 Å². The van der Waals surface area contributed by atoms with Gasteiger partial charge < -0.3 is 10.0 Å². The van der Waals surface area contributed by atoms with Gasteiger partial charge in [-0.1, -0.05) is 41.6 Å². The highest BCUT2D eigenvalue weighted by atomic mass is 16.3. The molecule has 0 bridgehead atoms. The maximum absolute atomic E-state index is 12.5. The van der Waals surface area contributed by atoms with Crippen molar-refractivity contribution >= 4 is 5.91 Å². The molecule has 4 rings (SSSR count). The first-order chi connectivity index (χ1) is 11.6. The van der Waals surface area contributed by atoms with Crippen molar-refractivity contribution in [3.8, 4) is 17.0 Å². The maximum atomic E-state index is 12.5. The van der Waals surface area contributed by atoms with Crippen LogP contribution in [0.25, 0.3) is 11.3 Å². The number of carbonyl (C=O) groups excluding carboxylic acids is 1. The number of aromatic hydroxyl groups is 1. The smallest absolute Gasteiger partial charge is 0.258 e. The van der Waals surface area contributed by atoms with E-state index >= 15 is 0 Å². The van der Waals surface area contributed by atoms with Crippen molar-refractivity contribution in [2.24, 2.45) is 7.05 Å². The van der Waals surface area contributed by atoms with Gasteiger partial charge in [0.15, 0.2) is 0 Å². The number of phenols is 1. The summed E-state index contributed by atoms with van der Waals surface area (Å²) < 4.78 is 1.66. The molecule has 120 valence electrons. The van der Waals surface area contributed by atoms with E-state index < -0.39 is 0 Å². The number of nitrogens with zero attached hydrogens (tertiary/aromatic N) is 4. The van der Waals surface area contributed by atoms with Crippen LogP contribution in [-0.4, -0.2) is 30.9 Å². The van der Waals surface area contributed by atoms with Crippen molar-refractivity contribution in [1.29, 1.82) is 0 Å². The van der Waals surface area contributed by atoms with Crippen LogP contribution in [0, 0.1) is 0 Å². The van der Waals surface area contributed by atoms with E-state index in [2.05, 4.69) is 10.3 Å². The van der Waals surface area contributed by atoms with Crippen LogP contribution in [-0.2, 0) is 20.1 Å². The van der Waals surface area contributed by atoms with E-state index in [4.69, 9.17) is 0 Å². The Balaban J connectivity index is 1.53. The second kappa shape index (κ2) is 5.49. The third kappa shape index (κ3) is 2.42. The maximum Gasteiger partial charge on any atom is 0.258 e. The van der Waals surface area contributed by atoms with Gasteiger partial charge in [0.05, 0.1) is 11.8 Å². The highest BCUT2D eigenvalue weighted by Crippen LogP contribution is 2.31. The average molecular weight is 320 g/mol. The molecule has 0 radical (unpaired) electrons. The van der Waals surface area contributed by atoms with Crippen molar-refractivity contribution in [2.75, 3.05) is 0 Å². The summed E-state index contributed by atoms with van der Waals surface area (Å²) in [5, 5.41) is 17.9. The molecule has 2 aromatic carbocycles. The van der Waals surface area contributed by atoms with E-state index in [9.17, 15) is 9.90 Å². The van der Waals surface area contributed by atoms with E-state index in [1.807, 2.05) is 43.6 Å². The molecule has 1 N–H and O–H groups in total. The number of carbonyl (C=O) groups is 1. The first-order valence-electron chi connectivity index (χ1n) is 7.67. The molecule has 0 aliphatic carbocycles. The number of hydrogen-bond acceptors (Lipinski definition) is 4. The van der Waals surface area contributed by atoms with Crippen LogP contribution in [0.15, 0.2) is 48.7 Å². The van der Waals surface area contributed by atoms with Crippen LogP contribution in [0.2, 0.25) is 0 Å². The molecule has 0 saturated carbocycles. The van der Waals surface area contributed by atoms with Gasteiger partial charge in [-0.15, -0.1) is 5.10 Å². The zero-order chi connectivity index (χ0) is 16.7. The summed E-state index contributed by atoms with van der Waals surface area (Å²) in [5.41, 5.74) is 4.13. The molecule has 2 heterocycles.